The third-order valence-electron chi connectivity index (χ3n) is 2.40. The van der Waals surface area contributed by atoms with Crippen LogP contribution in [0.5, 0.6) is 5.75 Å². The number of nitrogens with zero attached hydrogens (tertiary/aromatic N) is 1. The summed E-state index contributed by atoms with van der Waals surface area (Å²) in [5.41, 5.74) is 6.21. The summed E-state index contributed by atoms with van der Waals surface area (Å²) in [4.78, 5) is 21.7. The normalized spacial score (nSPS) is 10.5. The van der Waals surface area contributed by atoms with Crippen molar-refractivity contribution in [3.05, 3.63) is 30.0 Å². The summed E-state index contributed by atoms with van der Waals surface area (Å²) in [6.45, 7) is 0.147. The fraction of sp³-hybridized carbons (Fsp3) is 0.0909. The average Bonchev–Trinajstić information content (AvgIpc) is 2.57. The summed E-state index contributed by atoms with van der Waals surface area (Å²) in [6.07, 6.45) is 2.25. The van der Waals surface area contributed by atoms with E-state index in [0.29, 0.717) is 16.5 Å². The van der Waals surface area contributed by atoms with Crippen molar-refractivity contribution in [2.75, 3.05) is 0 Å². The van der Waals surface area contributed by atoms with Gasteiger partial charge in [-0.25, -0.2) is 0 Å². The second kappa shape index (κ2) is 3.69. The Labute approximate surface area is 91.1 Å². The van der Waals surface area contributed by atoms with E-state index in [4.69, 9.17) is 5.73 Å². The first-order valence-electron chi connectivity index (χ1n) is 4.69. The predicted molar refractivity (Wildman–Crippen MR) is 58.2 cm³/mol. The van der Waals surface area contributed by atoms with E-state index in [9.17, 15) is 14.7 Å². The standard InChI is InChI=1S/C11H10N2O3/c12-11(16)9-6-13(3-4-14)10-2-1-7(15)5-8(9)10/h1-2,4-6,15H,3H2,(H2,12,16). The highest BCUT2D eigenvalue weighted by Crippen LogP contribution is 2.25. The van der Waals surface area contributed by atoms with E-state index < -0.39 is 5.91 Å². The van der Waals surface area contributed by atoms with Crippen molar-refractivity contribution in [1.29, 1.82) is 0 Å². The van der Waals surface area contributed by atoms with Crippen LogP contribution in [0.4, 0.5) is 0 Å². The highest BCUT2D eigenvalue weighted by Gasteiger charge is 2.12. The van der Waals surface area contributed by atoms with E-state index in [1.54, 1.807) is 10.6 Å². The number of carbonyl (C=O) groups is 2. The van der Waals surface area contributed by atoms with Gasteiger partial charge in [0.05, 0.1) is 12.1 Å². The molecule has 0 saturated heterocycles. The zero-order valence-corrected chi connectivity index (χ0v) is 8.38. The first kappa shape index (κ1) is 10.2. The molecule has 0 aliphatic heterocycles. The summed E-state index contributed by atoms with van der Waals surface area (Å²) in [6, 6.07) is 4.59. The van der Waals surface area contributed by atoms with E-state index in [1.807, 2.05) is 0 Å². The SMILES string of the molecule is NC(=O)c1cn(CC=O)c2ccc(O)cc12. The van der Waals surface area contributed by atoms with Crippen molar-refractivity contribution in [1.82, 2.24) is 4.57 Å². The molecule has 2 aromatic rings. The van der Waals surface area contributed by atoms with Gasteiger partial charge < -0.3 is 20.2 Å². The quantitative estimate of drug-likeness (QED) is 0.741. The zero-order chi connectivity index (χ0) is 11.7. The Balaban J connectivity index is 2.75. The van der Waals surface area contributed by atoms with Crippen LogP contribution in [0.1, 0.15) is 10.4 Å². The average molecular weight is 218 g/mol. The van der Waals surface area contributed by atoms with Crippen molar-refractivity contribution in [3.8, 4) is 5.75 Å². The number of aromatic hydroxyl groups is 1. The fourth-order valence-corrected chi connectivity index (χ4v) is 1.71. The maximum Gasteiger partial charge on any atom is 0.250 e. The molecule has 0 spiro atoms. The molecule has 1 heterocycles. The van der Waals surface area contributed by atoms with Gasteiger partial charge >= 0.3 is 0 Å². The number of amides is 1. The third kappa shape index (κ3) is 1.52. The summed E-state index contributed by atoms with van der Waals surface area (Å²) < 4.78 is 1.61. The monoisotopic (exact) mass is 218 g/mol. The number of fused-ring (bicyclic) bond motifs is 1. The molecule has 3 N–H and O–H groups in total. The molecule has 1 aromatic carbocycles. The first-order valence-corrected chi connectivity index (χ1v) is 4.69. The van der Waals surface area contributed by atoms with Gasteiger partial charge in [0.15, 0.2) is 0 Å². The van der Waals surface area contributed by atoms with Gasteiger partial charge in [-0.3, -0.25) is 4.79 Å². The first-order chi connectivity index (χ1) is 7.63. The van der Waals surface area contributed by atoms with Crippen LogP contribution in [0.25, 0.3) is 10.9 Å². The smallest absolute Gasteiger partial charge is 0.250 e. The topological polar surface area (TPSA) is 85.3 Å². The molecule has 0 unspecified atom stereocenters. The van der Waals surface area contributed by atoms with Crippen LogP contribution in [0.2, 0.25) is 0 Å². The Kier molecular flexibility index (Phi) is 2.36. The summed E-state index contributed by atoms with van der Waals surface area (Å²) in [7, 11) is 0. The van der Waals surface area contributed by atoms with Gasteiger partial charge in [0, 0.05) is 17.1 Å². The lowest BCUT2D eigenvalue weighted by molar-refractivity contribution is -0.108. The molecular formula is C11H10N2O3. The zero-order valence-electron chi connectivity index (χ0n) is 8.38. The Morgan fingerprint density at radius 2 is 2.25 bits per heavy atom. The minimum Gasteiger partial charge on any atom is -0.508 e. The highest BCUT2D eigenvalue weighted by atomic mass is 16.3. The molecule has 0 bridgehead atoms. The van der Waals surface area contributed by atoms with Crippen LogP contribution >= 0.6 is 0 Å². The number of phenols is 1. The molecule has 16 heavy (non-hydrogen) atoms. The lowest BCUT2D eigenvalue weighted by Crippen LogP contribution is -2.10. The number of nitrogens with two attached hydrogens (primary N) is 1. The van der Waals surface area contributed by atoms with E-state index >= 15 is 0 Å². The highest BCUT2D eigenvalue weighted by molar-refractivity contribution is 6.06. The van der Waals surface area contributed by atoms with Crippen LogP contribution < -0.4 is 5.73 Å². The van der Waals surface area contributed by atoms with Crippen molar-refractivity contribution in [2.45, 2.75) is 6.54 Å². The van der Waals surface area contributed by atoms with Gasteiger partial charge in [-0.05, 0) is 18.2 Å². The molecule has 2 rings (SSSR count). The third-order valence-corrected chi connectivity index (χ3v) is 2.40. The molecular weight excluding hydrogens is 208 g/mol. The van der Waals surface area contributed by atoms with Crippen molar-refractivity contribution in [2.24, 2.45) is 5.73 Å². The molecule has 1 aromatic heterocycles. The van der Waals surface area contributed by atoms with Crippen LogP contribution in [-0.2, 0) is 11.3 Å². The number of aldehydes is 1. The van der Waals surface area contributed by atoms with Crippen LogP contribution in [0.15, 0.2) is 24.4 Å². The maximum atomic E-state index is 11.2. The lowest BCUT2D eigenvalue weighted by Gasteiger charge is -1.98. The molecule has 0 atom stereocenters. The van der Waals surface area contributed by atoms with E-state index in [0.717, 1.165) is 6.29 Å². The summed E-state index contributed by atoms with van der Waals surface area (Å²) in [5, 5.41) is 9.90. The van der Waals surface area contributed by atoms with E-state index in [-0.39, 0.29) is 12.3 Å². The van der Waals surface area contributed by atoms with Crippen LogP contribution in [0.3, 0.4) is 0 Å². The van der Waals surface area contributed by atoms with Gasteiger partial charge in [-0.2, -0.15) is 0 Å². The molecule has 1 amide bonds. The number of aromatic nitrogens is 1. The number of phenolic OH excluding ortho intramolecular Hbond substituents is 1. The molecule has 5 heteroatoms. The minimum atomic E-state index is -0.583. The van der Waals surface area contributed by atoms with Crippen LogP contribution in [-0.4, -0.2) is 21.9 Å². The molecule has 5 nitrogen and oxygen atoms in total. The van der Waals surface area contributed by atoms with E-state index in [1.165, 1.54) is 18.3 Å². The van der Waals surface area contributed by atoms with Gasteiger partial charge in [0.25, 0.3) is 5.91 Å². The number of primary amides is 1. The number of hydrogen-bond donors (Lipinski definition) is 2. The number of rotatable bonds is 3. The van der Waals surface area contributed by atoms with Gasteiger partial charge in [0.2, 0.25) is 0 Å². The minimum absolute atomic E-state index is 0.0545. The number of benzene rings is 1. The predicted octanol–water partition coefficient (Wildman–Crippen LogP) is 0.645. The van der Waals surface area contributed by atoms with Gasteiger partial charge in [0.1, 0.15) is 12.0 Å². The lowest BCUT2D eigenvalue weighted by atomic mass is 10.1. The maximum absolute atomic E-state index is 11.2. The van der Waals surface area contributed by atoms with Crippen LogP contribution in [0, 0.1) is 0 Å². The number of hydrogen-bond acceptors (Lipinski definition) is 3. The second-order valence-corrected chi connectivity index (χ2v) is 3.43. The van der Waals surface area contributed by atoms with Crippen molar-refractivity contribution in [3.63, 3.8) is 0 Å². The Morgan fingerprint density at radius 3 is 2.88 bits per heavy atom. The fourth-order valence-electron chi connectivity index (χ4n) is 1.71. The molecule has 0 aliphatic rings. The Hall–Kier alpha value is -2.30. The number of carbonyl (C=O) groups excluding carboxylic acids is 2. The van der Waals surface area contributed by atoms with Gasteiger partial charge in [-0.1, -0.05) is 0 Å². The second-order valence-electron chi connectivity index (χ2n) is 3.43. The molecule has 0 saturated carbocycles. The molecule has 0 radical (unpaired) electrons. The van der Waals surface area contributed by atoms with Gasteiger partial charge in [-0.15, -0.1) is 0 Å². The summed E-state index contributed by atoms with van der Waals surface area (Å²) >= 11 is 0. The summed E-state index contributed by atoms with van der Waals surface area (Å²) in [5.74, 6) is -0.529. The Morgan fingerprint density at radius 1 is 1.50 bits per heavy atom. The van der Waals surface area contributed by atoms with Crippen molar-refractivity contribution < 1.29 is 14.7 Å². The van der Waals surface area contributed by atoms with Crippen molar-refractivity contribution >= 4 is 23.1 Å². The van der Waals surface area contributed by atoms with E-state index in [2.05, 4.69) is 0 Å². The molecule has 0 fully saturated rings. The molecule has 82 valence electrons. The largest absolute Gasteiger partial charge is 0.508 e. The Bertz CT molecular complexity index is 572. The molecule has 0 aliphatic carbocycles.